The van der Waals surface area contributed by atoms with E-state index in [1.54, 1.807) is 0 Å². The van der Waals surface area contributed by atoms with Crippen molar-refractivity contribution in [3.05, 3.63) is 59.8 Å². The van der Waals surface area contributed by atoms with Gasteiger partial charge in [-0.2, -0.15) is 0 Å². The number of fused-ring (bicyclic) bond motifs is 1. The third-order valence-electron chi connectivity index (χ3n) is 3.48. The molecule has 0 radical (unpaired) electrons. The summed E-state index contributed by atoms with van der Waals surface area (Å²) in [4.78, 5) is 3.53. The molecular weight excluding hydrogens is 218 g/mol. The maximum atomic E-state index is 3.53. The van der Waals surface area contributed by atoms with Crippen LogP contribution in [0, 0.1) is 6.92 Å². The van der Waals surface area contributed by atoms with Gasteiger partial charge in [-0.05, 0) is 25.0 Å². The highest BCUT2D eigenvalue weighted by molar-refractivity contribution is 5.97. The van der Waals surface area contributed by atoms with Crippen LogP contribution >= 0.6 is 0 Å². The third-order valence-corrected chi connectivity index (χ3v) is 3.48. The van der Waals surface area contributed by atoms with E-state index in [1.165, 1.54) is 33.3 Å². The number of aromatic amines is 1. The van der Waals surface area contributed by atoms with Gasteiger partial charge in [-0.1, -0.05) is 55.0 Å². The maximum absolute atomic E-state index is 3.53. The Balaban J connectivity index is 2.29. The maximum Gasteiger partial charge on any atom is 0.0462 e. The minimum absolute atomic E-state index is 1.03. The summed E-state index contributed by atoms with van der Waals surface area (Å²) in [6.07, 6.45) is 1.03. The Bertz CT molecular complexity index is 674. The van der Waals surface area contributed by atoms with Crippen LogP contribution < -0.4 is 0 Å². The van der Waals surface area contributed by atoms with Gasteiger partial charge in [-0.15, -0.1) is 0 Å². The van der Waals surface area contributed by atoms with Crippen molar-refractivity contribution in [2.24, 2.45) is 0 Å². The molecule has 1 heteroatoms. The molecule has 18 heavy (non-hydrogen) atoms. The molecule has 0 amide bonds. The second-order valence-electron chi connectivity index (χ2n) is 4.74. The molecule has 90 valence electrons. The lowest BCUT2D eigenvalue weighted by molar-refractivity contribution is 1.08. The van der Waals surface area contributed by atoms with Gasteiger partial charge in [0.05, 0.1) is 0 Å². The Morgan fingerprint density at radius 3 is 2.39 bits per heavy atom. The zero-order valence-corrected chi connectivity index (χ0v) is 10.8. The van der Waals surface area contributed by atoms with Gasteiger partial charge >= 0.3 is 0 Å². The zero-order valence-electron chi connectivity index (χ0n) is 10.8. The molecule has 3 aromatic rings. The number of aryl methyl sites for hydroxylation is 2. The number of rotatable bonds is 2. The minimum atomic E-state index is 1.03. The van der Waals surface area contributed by atoms with Gasteiger partial charge in [0.15, 0.2) is 0 Å². The van der Waals surface area contributed by atoms with Crippen molar-refractivity contribution in [1.82, 2.24) is 4.98 Å². The Morgan fingerprint density at radius 2 is 1.67 bits per heavy atom. The van der Waals surface area contributed by atoms with Crippen LogP contribution in [0.25, 0.3) is 22.0 Å². The average molecular weight is 235 g/mol. The zero-order chi connectivity index (χ0) is 12.5. The van der Waals surface area contributed by atoms with E-state index in [-0.39, 0.29) is 0 Å². The number of benzene rings is 2. The lowest BCUT2D eigenvalue weighted by atomic mass is 10.00. The van der Waals surface area contributed by atoms with E-state index in [1.807, 2.05) is 0 Å². The molecule has 0 atom stereocenters. The summed E-state index contributed by atoms with van der Waals surface area (Å²) in [5.41, 5.74) is 6.50. The highest BCUT2D eigenvalue weighted by atomic mass is 14.7. The Morgan fingerprint density at radius 1 is 0.944 bits per heavy atom. The normalized spacial score (nSPS) is 11.0. The Hall–Kier alpha value is -2.02. The van der Waals surface area contributed by atoms with Crippen LogP contribution in [0.15, 0.2) is 48.5 Å². The predicted molar refractivity (Wildman–Crippen MR) is 77.8 cm³/mol. The molecule has 0 bridgehead atoms. The molecule has 1 aromatic heterocycles. The van der Waals surface area contributed by atoms with Crippen LogP contribution in [0.5, 0.6) is 0 Å². The summed E-state index contributed by atoms with van der Waals surface area (Å²) < 4.78 is 0. The summed E-state index contributed by atoms with van der Waals surface area (Å²) in [6.45, 7) is 4.32. The average Bonchev–Trinajstić information content (AvgIpc) is 2.78. The Labute approximate surface area is 107 Å². The number of hydrogen-bond acceptors (Lipinski definition) is 0. The van der Waals surface area contributed by atoms with Gasteiger partial charge in [0.25, 0.3) is 0 Å². The van der Waals surface area contributed by atoms with Crippen molar-refractivity contribution in [1.29, 1.82) is 0 Å². The van der Waals surface area contributed by atoms with Crippen molar-refractivity contribution < 1.29 is 0 Å². The van der Waals surface area contributed by atoms with Gasteiger partial charge in [-0.3, -0.25) is 0 Å². The molecule has 0 unspecified atom stereocenters. The Kier molecular flexibility index (Phi) is 2.67. The molecule has 0 aliphatic heterocycles. The molecule has 2 aromatic carbocycles. The van der Waals surface area contributed by atoms with Crippen LogP contribution in [0.4, 0.5) is 0 Å². The van der Waals surface area contributed by atoms with Crippen molar-refractivity contribution in [3.8, 4) is 11.1 Å². The molecule has 0 fully saturated rings. The van der Waals surface area contributed by atoms with Gasteiger partial charge < -0.3 is 4.98 Å². The molecule has 3 rings (SSSR count). The van der Waals surface area contributed by atoms with Crippen LogP contribution in [-0.2, 0) is 6.42 Å². The van der Waals surface area contributed by atoms with Gasteiger partial charge in [-0.25, -0.2) is 0 Å². The number of nitrogens with one attached hydrogen (secondary N) is 1. The number of aromatic nitrogens is 1. The summed E-state index contributed by atoms with van der Waals surface area (Å²) in [6, 6.07) is 17.3. The quantitative estimate of drug-likeness (QED) is 0.662. The predicted octanol–water partition coefficient (Wildman–Crippen LogP) is 4.71. The van der Waals surface area contributed by atoms with Crippen LogP contribution in [-0.4, -0.2) is 4.98 Å². The molecular formula is C17H17N. The van der Waals surface area contributed by atoms with E-state index in [4.69, 9.17) is 0 Å². The first-order valence-corrected chi connectivity index (χ1v) is 6.46. The molecule has 0 saturated carbocycles. The summed E-state index contributed by atoms with van der Waals surface area (Å²) in [5.74, 6) is 0. The molecule has 1 heterocycles. The fraction of sp³-hybridized carbons (Fsp3) is 0.176. The minimum Gasteiger partial charge on any atom is -0.358 e. The first kappa shape index (κ1) is 11.1. The van der Waals surface area contributed by atoms with E-state index in [2.05, 4.69) is 67.4 Å². The lowest BCUT2D eigenvalue weighted by Crippen LogP contribution is -1.85. The molecule has 0 spiro atoms. The van der Waals surface area contributed by atoms with Crippen molar-refractivity contribution in [2.75, 3.05) is 0 Å². The van der Waals surface area contributed by atoms with Crippen molar-refractivity contribution in [3.63, 3.8) is 0 Å². The van der Waals surface area contributed by atoms with Gasteiger partial charge in [0.2, 0.25) is 0 Å². The topological polar surface area (TPSA) is 15.8 Å². The van der Waals surface area contributed by atoms with Crippen LogP contribution in [0.3, 0.4) is 0 Å². The van der Waals surface area contributed by atoms with Crippen molar-refractivity contribution >= 4 is 10.9 Å². The summed E-state index contributed by atoms with van der Waals surface area (Å²) in [7, 11) is 0. The fourth-order valence-corrected chi connectivity index (χ4v) is 2.51. The number of hydrogen-bond donors (Lipinski definition) is 1. The first-order valence-electron chi connectivity index (χ1n) is 6.46. The highest BCUT2D eigenvalue weighted by Gasteiger charge is 2.11. The SMILES string of the molecule is CCc1[nH]c2ccccc2c1-c1ccc(C)cc1. The van der Waals surface area contributed by atoms with E-state index < -0.39 is 0 Å². The smallest absolute Gasteiger partial charge is 0.0462 e. The van der Waals surface area contributed by atoms with E-state index in [9.17, 15) is 0 Å². The number of H-pyrrole nitrogens is 1. The standard InChI is InChI=1S/C17H17N/c1-3-15-17(13-10-8-12(2)9-11-13)14-6-4-5-7-16(14)18-15/h4-11,18H,3H2,1-2H3. The third kappa shape index (κ3) is 1.72. The molecule has 0 saturated heterocycles. The first-order chi connectivity index (χ1) is 8.79. The van der Waals surface area contributed by atoms with E-state index in [0.29, 0.717) is 0 Å². The van der Waals surface area contributed by atoms with E-state index in [0.717, 1.165) is 6.42 Å². The lowest BCUT2D eigenvalue weighted by Gasteiger charge is -2.04. The van der Waals surface area contributed by atoms with Crippen LogP contribution in [0.1, 0.15) is 18.2 Å². The second-order valence-corrected chi connectivity index (χ2v) is 4.74. The number of para-hydroxylation sites is 1. The summed E-state index contributed by atoms with van der Waals surface area (Å²) >= 11 is 0. The molecule has 1 nitrogen and oxygen atoms in total. The van der Waals surface area contributed by atoms with Crippen LogP contribution in [0.2, 0.25) is 0 Å². The van der Waals surface area contributed by atoms with E-state index >= 15 is 0 Å². The fourth-order valence-electron chi connectivity index (χ4n) is 2.51. The van der Waals surface area contributed by atoms with Gasteiger partial charge in [0.1, 0.15) is 0 Å². The van der Waals surface area contributed by atoms with Crippen molar-refractivity contribution in [2.45, 2.75) is 20.3 Å². The molecule has 1 N–H and O–H groups in total. The van der Waals surface area contributed by atoms with Gasteiger partial charge in [0, 0.05) is 22.2 Å². The molecule has 0 aliphatic carbocycles. The second kappa shape index (κ2) is 4.34. The summed E-state index contributed by atoms with van der Waals surface area (Å²) in [5, 5.41) is 1.32. The largest absolute Gasteiger partial charge is 0.358 e. The molecule has 0 aliphatic rings. The monoisotopic (exact) mass is 235 g/mol. The highest BCUT2D eigenvalue weighted by Crippen LogP contribution is 2.32.